The maximum atomic E-state index is 11.0. The Balaban J connectivity index is 1.93. The van der Waals surface area contributed by atoms with Gasteiger partial charge in [0.05, 0.1) is 0 Å². The molecule has 1 aromatic carbocycles. The van der Waals surface area contributed by atoms with E-state index in [0.29, 0.717) is 18.9 Å². The lowest BCUT2D eigenvalue weighted by Crippen LogP contribution is -2.51. The van der Waals surface area contributed by atoms with Crippen molar-refractivity contribution in [2.75, 3.05) is 13.2 Å². The fraction of sp³-hybridized carbons (Fsp3) is 0.462. The van der Waals surface area contributed by atoms with E-state index in [9.17, 15) is 4.79 Å². The first-order valence-corrected chi connectivity index (χ1v) is 5.86. The SMILES string of the molecule is CC(C)(NCC1COc2ccccc2O1)C(=O)O. The molecule has 0 saturated carbocycles. The predicted molar refractivity (Wildman–Crippen MR) is 66.1 cm³/mol. The monoisotopic (exact) mass is 251 g/mol. The summed E-state index contributed by atoms with van der Waals surface area (Å²) in [6.07, 6.45) is -0.182. The molecule has 1 heterocycles. The maximum Gasteiger partial charge on any atom is 0.323 e. The van der Waals surface area contributed by atoms with Crippen LogP contribution in [-0.4, -0.2) is 35.9 Å². The number of rotatable bonds is 4. The van der Waals surface area contributed by atoms with Crippen molar-refractivity contribution >= 4 is 5.97 Å². The highest BCUT2D eigenvalue weighted by Crippen LogP contribution is 2.30. The van der Waals surface area contributed by atoms with Gasteiger partial charge in [-0.05, 0) is 26.0 Å². The van der Waals surface area contributed by atoms with Crippen molar-refractivity contribution in [3.8, 4) is 11.5 Å². The summed E-state index contributed by atoms with van der Waals surface area (Å²) in [5.41, 5.74) is -0.972. The first kappa shape index (κ1) is 12.7. The van der Waals surface area contributed by atoms with E-state index in [2.05, 4.69) is 5.32 Å². The summed E-state index contributed by atoms with van der Waals surface area (Å²) in [5.74, 6) is 0.537. The second-order valence-corrected chi connectivity index (χ2v) is 4.81. The van der Waals surface area contributed by atoms with Crippen LogP contribution >= 0.6 is 0 Å². The number of hydrogen-bond donors (Lipinski definition) is 2. The quantitative estimate of drug-likeness (QED) is 0.843. The number of hydrogen-bond acceptors (Lipinski definition) is 4. The van der Waals surface area contributed by atoms with E-state index in [-0.39, 0.29) is 6.10 Å². The van der Waals surface area contributed by atoms with Crippen molar-refractivity contribution < 1.29 is 19.4 Å². The zero-order valence-corrected chi connectivity index (χ0v) is 10.5. The molecule has 1 unspecified atom stereocenters. The smallest absolute Gasteiger partial charge is 0.323 e. The van der Waals surface area contributed by atoms with E-state index in [1.165, 1.54) is 0 Å². The summed E-state index contributed by atoms with van der Waals surface area (Å²) >= 11 is 0. The zero-order chi connectivity index (χ0) is 13.2. The van der Waals surface area contributed by atoms with Gasteiger partial charge in [-0.15, -0.1) is 0 Å². The summed E-state index contributed by atoms with van der Waals surface area (Å²) in [5, 5.41) is 11.9. The number of ether oxygens (including phenoxy) is 2. The highest BCUT2D eigenvalue weighted by molar-refractivity contribution is 5.77. The Hall–Kier alpha value is -1.75. The lowest BCUT2D eigenvalue weighted by molar-refractivity contribution is -0.143. The van der Waals surface area contributed by atoms with Gasteiger partial charge in [-0.3, -0.25) is 10.1 Å². The van der Waals surface area contributed by atoms with Crippen molar-refractivity contribution in [1.29, 1.82) is 0 Å². The average Bonchev–Trinajstić information content (AvgIpc) is 2.36. The number of aliphatic carboxylic acids is 1. The minimum Gasteiger partial charge on any atom is -0.486 e. The normalized spacial score (nSPS) is 18.4. The second kappa shape index (κ2) is 4.86. The predicted octanol–water partition coefficient (Wildman–Crippen LogP) is 1.28. The molecule has 5 heteroatoms. The molecule has 1 aromatic rings. The summed E-state index contributed by atoms with van der Waals surface area (Å²) in [6, 6.07) is 7.44. The average molecular weight is 251 g/mol. The first-order chi connectivity index (χ1) is 8.49. The summed E-state index contributed by atoms with van der Waals surface area (Å²) < 4.78 is 11.3. The molecule has 0 fully saturated rings. The van der Waals surface area contributed by atoms with Gasteiger partial charge >= 0.3 is 5.97 Å². The molecular weight excluding hydrogens is 234 g/mol. The Bertz CT molecular complexity index is 444. The van der Waals surface area contributed by atoms with E-state index >= 15 is 0 Å². The van der Waals surface area contributed by atoms with Crippen LogP contribution in [0.5, 0.6) is 11.5 Å². The van der Waals surface area contributed by atoms with E-state index < -0.39 is 11.5 Å². The Morgan fingerprint density at radius 1 is 1.44 bits per heavy atom. The van der Waals surface area contributed by atoms with Gasteiger partial charge < -0.3 is 14.6 Å². The lowest BCUT2D eigenvalue weighted by atomic mass is 10.1. The molecule has 0 radical (unpaired) electrons. The van der Waals surface area contributed by atoms with Crippen LogP contribution in [0, 0.1) is 0 Å². The van der Waals surface area contributed by atoms with Crippen LogP contribution in [0.15, 0.2) is 24.3 Å². The van der Waals surface area contributed by atoms with Gasteiger partial charge in [0.1, 0.15) is 18.2 Å². The minimum absolute atomic E-state index is 0.182. The number of carboxylic acid groups (broad SMARTS) is 1. The van der Waals surface area contributed by atoms with Crippen LogP contribution in [-0.2, 0) is 4.79 Å². The maximum absolute atomic E-state index is 11.0. The van der Waals surface area contributed by atoms with E-state index in [1.54, 1.807) is 13.8 Å². The molecule has 1 aliphatic heterocycles. The highest BCUT2D eigenvalue weighted by Gasteiger charge is 2.29. The van der Waals surface area contributed by atoms with Crippen LogP contribution in [0.3, 0.4) is 0 Å². The molecule has 2 rings (SSSR count). The van der Waals surface area contributed by atoms with Crippen LogP contribution in [0.25, 0.3) is 0 Å². The van der Waals surface area contributed by atoms with E-state index in [0.717, 1.165) is 5.75 Å². The third kappa shape index (κ3) is 2.73. The standard InChI is InChI=1S/C13H17NO4/c1-13(2,12(15)16)14-7-9-8-17-10-5-3-4-6-11(10)18-9/h3-6,9,14H,7-8H2,1-2H3,(H,15,16). The third-order valence-corrected chi connectivity index (χ3v) is 2.87. The van der Waals surface area contributed by atoms with Gasteiger partial charge in [0.15, 0.2) is 11.5 Å². The summed E-state index contributed by atoms with van der Waals surface area (Å²) in [7, 11) is 0. The number of carbonyl (C=O) groups is 1. The van der Waals surface area contributed by atoms with Crippen molar-refractivity contribution in [3.05, 3.63) is 24.3 Å². The summed E-state index contributed by atoms with van der Waals surface area (Å²) in [6.45, 7) is 4.08. The number of nitrogens with one attached hydrogen (secondary N) is 1. The topological polar surface area (TPSA) is 67.8 Å². The largest absolute Gasteiger partial charge is 0.486 e. The Morgan fingerprint density at radius 2 is 2.11 bits per heavy atom. The van der Waals surface area contributed by atoms with Gasteiger partial charge in [0.2, 0.25) is 0 Å². The molecule has 1 atom stereocenters. The molecule has 0 aromatic heterocycles. The fourth-order valence-corrected chi connectivity index (χ4v) is 1.61. The minimum atomic E-state index is -0.972. The number of para-hydroxylation sites is 2. The molecule has 5 nitrogen and oxygen atoms in total. The molecule has 0 aliphatic carbocycles. The van der Waals surface area contributed by atoms with Gasteiger partial charge in [-0.25, -0.2) is 0 Å². The highest BCUT2D eigenvalue weighted by atomic mass is 16.6. The molecule has 2 N–H and O–H groups in total. The molecule has 18 heavy (non-hydrogen) atoms. The van der Waals surface area contributed by atoms with E-state index in [4.69, 9.17) is 14.6 Å². The van der Waals surface area contributed by atoms with Gasteiger partial charge in [0, 0.05) is 6.54 Å². The molecule has 1 aliphatic rings. The fourth-order valence-electron chi connectivity index (χ4n) is 1.61. The Morgan fingerprint density at radius 3 is 2.78 bits per heavy atom. The number of benzene rings is 1. The van der Waals surface area contributed by atoms with Crippen LogP contribution in [0.4, 0.5) is 0 Å². The molecule has 98 valence electrons. The van der Waals surface area contributed by atoms with Crippen LogP contribution in [0.2, 0.25) is 0 Å². The van der Waals surface area contributed by atoms with Crippen LogP contribution < -0.4 is 14.8 Å². The third-order valence-electron chi connectivity index (χ3n) is 2.87. The molecule has 0 saturated heterocycles. The van der Waals surface area contributed by atoms with E-state index in [1.807, 2.05) is 24.3 Å². The first-order valence-electron chi connectivity index (χ1n) is 5.86. The van der Waals surface area contributed by atoms with Gasteiger partial charge in [-0.1, -0.05) is 12.1 Å². The number of carboxylic acids is 1. The van der Waals surface area contributed by atoms with Crippen molar-refractivity contribution in [2.45, 2.75) is 25.5 Å². The molecule has 0 spiro atoms. The number of fused-ring (bicyclic) bond motifs is 1. The lowest BCUT2D eigenvalue weighted by Gasteiger charge is -2.29. The van der Waals surface area contributed by atoms with Crippen molar-refractivity contribution in [1.82, 2.24) is 5.32 Å². The molecular formula is C13H17NO4. The van der Waals surface area contributed by atoms with Crippen molar-refractivity contribution in [3.63, 3.8) is 0 Å². The Labute approximate surface area is 106 Å². The van der Waals surface area contributed by atoms with Crippen LogP contribution in [0.1, 0.15) is 13.8 Å². The van der Waals surface area contributed by atoms with Gasteiger partial charge in [0.25, 0.3) is 0 Å². The molecule has 0 amide bonds. The molecule has 0 bridgehead atoms. The van der Waals surface area contributed by atoms with Gasteiger partial charge in [-0.2, -0.15) is 0 Å². The summed E-state index contributed by atoms with van der Waals surface area (Å²) in [4.78, 5) is 11.0. The van der Waals surface area contributed by atoms with Crippen molar-refractivity contribution in [2.24, 2.45) is 0 Å². The zero-order valence-electron chi connectivity index (χ0n) is 10.5. The second-order valence-electron chi connectivity index (χ2n) is 4.81. The Kier molecular flexibility index (Phi) is 3.43.